The van der Waals surface area contributed by atoms with Crippen LogP contribution in [-0.2, 0) is 0 Å². The zero-order valence-electron chi connectivity index (χ0n) is 6.58. The van der Waals surface area contributed by atoms with Crippen LogP contribution in [0, 0.1) is 10.5 Å². The van der Waals surface area contributed by atoms with E-state index in [9.17, 15) is 0 Å². The fourth-order valence-corrected chi connectivity index (χ4v) is 1.75. The molecule has 0 aliphatic rings. The van der Waals surface area contributed by atoms with E-state index in [0.29, 0.717) is 0 Å². The van der Waals surface area contributed by atoms with Gasteiger partial charge in [0.05, 0.1) is 9.09 Å². The van der Waals surface area contributed by atoms with Gasteiger partial charge in [-0.3, -0.25) is 9.97 Å². The Labute approximate surface area is 84.2 Å². The zero-order valence-corrected chi connectivity index (χ0v) is 8.74. The molecular weight excluding hydrogens is 263 g/mol. The maximum absolute atomic E-state index is 4.29. The third-order valence-electron chi connectivity index (χ3n) is 1.83. The first-order valence-corrected chi connectivity index (χ1v) is 4.72. The molecule has 2 rings (SSSR count). The molecule has 0 aliphatic carbocycles. The molecule has 0 saturated heterocycles. The van der Waals surface area contributed by atoms with Crippen LogP contribution >= 0.6 is 22.6 Å². The number of fused-ring (bicyclic) bond motifs is 1. The number of hydrogen-bond acceptors (Lipinski definition) is 2. The van der Waals surface area contributed by atoms with Crippen LogP contribution < -0.4 is 0 Å². The van der Waals surface area contributed by atoms with Crippen molar-refractivity contribution in [2.75, 3.05) is 0 Å². The molecule has 0 saturated carbocycles. The van der Waals surface area contributed by atoms with Crippen LogP contribution in [0.15, 0.2) is 24.7 Å². The third kappa shape index (κ3) is 1.18. The summed E-state index contributed by atoms with van der Waals surface area (Å²) in [6, 6.07) is 2.00. The lowest BCUT2D eigenvalue weighted by molar-refractivity contribution is 1.28. The van der Waals surface area contributed by atoms with Crippen molar-refractivity contribution in [3.05, 3.63) is 33.8 Å². The number of nitrogens with zero attached hydrogens (tertiary/aromatic N) is 2. The molecule has 2 aromatic heterocycles. The van der Waals surface area contributed by atoms with Crippen molar-refractivity contribution >= 4 is 33.5 Å². The highest BCUT2D eigenvalue weighted by atomic mass is 127. The number of hydrogen-bond donors (Lipinski definition) is 0. The Kier molecular flexibility index (Phi) is 1.96. The predicted octanol–water partition coefficient (Wildman–Crippen LogP) is 2.54. The minimum Gasteiger partial charge on any atom is -0.263 e. The van der Waals surface area contributed by atoms with Crippen LogP contribution in [0.4, 0.5) is 0 Å². The monoisotopic (exact) mass is 270 g/mol. The third-order valence-corrected chi connectivity index (χ3v) is 2.62. The number of halogens is 1. The van der Waals surface area contributed by atoms with E-state index in [1.165, 1.54) is 5.56 Å². The van der Waals surface area contributed by atoms with Crippen molar-refractivity contribution in [2.45, 2.75) is 6.92 Å². The Morgan fingerprint density at radius 1 is 1.33 bits per heavy atom. The summed E-state index contributed by atoms with van der Waals surface area (Å²) in [6.07, 6.45) is 5.52. The molecule has 0 radical (unpaired) electrons. The first-order chi connectivity index (χ1) is 5.79. The van der Waals surface area contributed by atoms with E-state index in [1.54, 1.807) is 0 Å². The molecule has 0 amide bonds. The van der Waals surface area contributed by atoms with E-state index in [1.807, 2.05) is 24.7 Å². The van der Waals surface area contributed by atoms with E-state index in [4.69, 9.17) is 0 Å². The number of pyridine rings is 2. The van der Waals surface area contributed by atoms with Gasteiger partial charge in [-0.15, -0.1) is 0 Å². The van der Waals surface area contributed by atoms with E-state index < -0.39 is 0 Å². The van der Waals surface area contributed by atoms with Crippen LogP contribution in [0.3, 0.4) is 0 Å². The first-order valence-electron chi connectivity index (χ1n) is 3.64. The van der Waals surface area contributed by atoms with Crippen LogP contribution in [0.5, 0.6) is 0 Å². The Morgan fingerprint density at radius 3 is 2.92 bits per heavy atom. The van der Waals surface area contributed by atoms with Crippen molar-refractivity contribution in [2.24, 2.45) is 0 Å². The van der Waals surface area contributed by atoms with Gasteiger partial charge in [0.1, 0.15) is 0 Å². The van der Waals surface area contributed by atoms with Gasteiger partial charge < -0.3 is 0 Å². The summed E-state index contributed by atoms with van der Waals surface area (Å²) < 4.78 is 1.11. The smallest absolute Gasteiger partial charge is 0.0869 e. The molecule has 0 spiro atoms. The van der Waals surface area contributed by atoms with Gasteiger partial charge in [0.2, 0.25) is 0 Å². The van der Waals surface area contributed by atoms with E-state index in [0.717, 1.165) is 14.5 Å². The molecular formula is C9H7IN2. The largest absolute Gasteiger partial charge is 0.263 e. The first kappa shape index (κ1) is 7.91. The lowest BCUT2D eigenvalue weighted by atomic mass is 10.2. The quantitative estimate of drug-likeness (QED) is 0.687. The van der Waals surface area contributed by atoms with E-state index in [2.05, 4.69) is 39.5 Å². The SMILES string of the molecule is Cc1ccnc2c(I)cncc12. The topological polar surface area (TPSA) is 25.8 Å². The Morgan fingerprint density at radius 2 is 2.17 bits per heavy atom. The van der Waals surface area contributed by atoms with Crippen LogP contribution in [-0.4, -0.2) is 9.97 Å². The van der Waals surface area contributed by atoms with E-state index >= 15 is 0 Å². The molecule has 0 aromatic carbocycles. The second-order valence-electron chi connectivity index (χ2n) is 2.65. The lowest BCUT2D eigenvalue weighted by Gasteiger charge is -2.00. The fourth-order valence-electron chi connectivity index (χ4n) is 1.16. The van der Waals surface area contributed by atoms with Gasteiger partial charge in [-0.1, -0.05) is 0 Å². The molecule has 0 atom stereocenters. The number of aryl methyl sites for hydroxylation is 1. The summed E-state index contributed by atoms with van der Waals surface area (Å²) in [4.78, 5) is 8.42. The highest BCUT2D eigenvalue weighted by Gasteiger charge is 2.00. The van der Waals surface area contributed by atoms with Crippen molar-refractivity contribution in [3.8, 4) is 0 Å². The van der Waals surface area contributed by atoms with Crippen molar-refractivity contribution in [1.29, 1.82) is 0 Å². The van der Waals surface area contributed by atoms with Gasteiger partial charge in [-0.25, -0.2) is 0 Å². The van der Waals surface area contributed by atoms with Gasteiger partial charge in [-0.2, -0.15) is 0 Å². The van der Waals surface area contributed by atoms with Crippen LogP contribution in [0.2, 0.25) is 0 Å². The molecule has 0 aliphatic heterocycles. The summed E-state index contributed by atoms with van der Waals surface area (Å²) in [5.74, 6) is 0. The minimum absolute atomic E-state index is 1.05. The normalized spacial score (nSPS) is 10.5. The minimum atomic E-state index is 1.05. The average molecular weight is 270 g/mol. The second kappa shape index (κ2) is 2.97. The van der Waals surface area contributed by atoms with Crippen LogP contribution in [0.1, 0.15) is 5.56 Å². The van der Waals surface area contributed by atoms with Crippen molar-refractivity contribution in [1.82, 2.24) is 9.97 Å². The summed E-state index contributed by atoms with van der Waals surface area (Å²) in [5, 5.41) is 1.14. The van der Waals surface area contributed by atoms with Crippen molar-refractivity contribution in [3.63, 3.8) is 0 Å². The molecule has 0 N–H and O–H groups in total. The molecule has 2 heterocycles. The summed E-state index contributed by atoms with van der Waals surface area (Å²) in [7, 11) is 0. The summed E-state index contributed by atoms with van der Waals surface area (Å²) in [6.45, 7) is 2.07. The molecule has 0 fully saturated rings. The molecule has 0 bridgehead atoms. The predicted molar refractivity (Wildman–Crippen MR) is 57.0 cm³/mol. The molecule has 3 heteroatoms. The zero-order chi connectivity index (χ0) is 8.55. The van der Waals surface area contributed by atoms with Crippen LogP contribution in [0.25, 0.3) is 10.9 Å². The van der Waals surface area contributed by atoms with Gasteiger partial charge in [0.25, 0.3) is 0 Å². The Balaban J connectivity index is 2.94. The summed E-state index contributed by atoms with van der Waals surface area (Å²) >= 11 is 2.25. The average Bonchev–Trinajstić information content (AvgIpc) is 2.07. The second-order valence-corrected chi connectivity index (χ2v) is 3.81. The van der Waals surface area contributed by atoms with Gasteiger partial charge in [0, 0.05) is 24.0 Å². The molecule has 12 heavy (non-hydrogen) atoms. The number of aromatic nitrogens is 2. The van der Waals surface area contributed by atoms with E-state index in [-0.39, 0.29) is 0 Å². The maximum Gasteiger partial charge on any atom is 0.0869 e. The molecule has 2 aromatic rings. The molecule has 0 unspecified atom stereocenters. The molecule has 60 valence electrons. The van der Waals surface area contributed by atoms with Gasteiger partial charge in [0.15, 0.2) is 0 Å². The lowest BCUT2D eigenvalue weighted by Crippen LogP contribution is -1.86. The Hall–Kier alpha value is -0.710. The highest BCUT2D eigenvalue weighted by molar-refractivity contribution is 14.1. The highest BCUT2D eigenvalue weighted by Crippen LogP contribution is 2.18. The van der Waals surface area contributed by atoms with Gasteiger partial charge >= 0.3 is 0 Å². The number of rotatable bonds is 0. The fraction of sp³-hybridized carbons (Fsp3) is 0.111. The standard InChI is InChI=1S/C9H7IN2/c1-6-2-3-12-9-7(6)4-11-5-8(9)10/h2-5H,1H3. The van der Waals surface area contributed by atoms with Gasteiger partial charge in [-0.05, 0) is 41.1 Å². The maximum atomic E-state index is 4.29. The van der Waals surface area contributed by atoms with Crippen molar-refractivity contribution < 1.29 is 0 Å². The Bertz CT molecular complexity index is 385. The molecule has 2 nitrogen and oxygen atoms in total. The summed E-state index contributed by atoms with van der Waals surface area (Å²) in [5.41, 5.74) is 2.27.